The lowest BCUT2D eigenvalue weighted by molar-refractivity contribution is -0.113. The number of anilines is 1. The van der Waals surface area contributed by atoms with Gasteiger partial charge in [-0.25, -0.2) is 4.39 Å². The van der Waals surface area contributed by atoms with Crippen molar-refractivity contribution < 1.29 is 29.6 Å². The summed E-state index contributed by atoms with van der Waals surface area (Å²) in [5.74, 6) is -0.0564. The van der Waals surface area contributed by atoms with Gasteiger partial charge in [0.1, 0.15) is 11.6 Å². The molecule has 2 heterocycles. The van der Waals surface area contributed by atoms with Gasteiger partial charge in [-0.2, -0.15) is 0 Å². The molecule has 0 saturated carbocycles. The fraction of sp³-hybridized carbons (Fsp3) is 0.326. The number of hydrogen-bond donors (Lipinski definition) is 4. The molecule has 0 radical (unpaired) electrons. The van der Waals surface area contributed by atoms with Crippen LogP contribution in [0.15, 0.2) is 121 Å². The molecule has 0 amide bonds. The molecule has 2 aliphatic rings. The smallest absolute Gasteiger partial charge is 0.123 e. The summed E-state index contributed by atoms with van der Waals surface area (Å²) in [6.45, 7) is 3.87. The van der Waals surface area contributed by atoms with E-state index >= 15 is 0 Å². The van der Waals surface area contributed by atoms with Gasteiger partial charge in [0, 0.05) is 30.5 Å². The van der Waals surface area contributed by atoms with Crippen molar-refractivity contribution in [3.8, 4) is 28.0 Å². The Balaban J connectivity index is 0.00000245. The maximum absolute atomic E-state index is 13.5. The Morgan fingerprint density at radius 2 is 1.44 bits per heavy atom. The van der Waals surface area contributed by atoms with Crippen LogP contribution in [0.4, 0.5) is 10.1 Å². The van der Waals surface area contributed by atoms with Crippen molar-refractivity contribution in [3.63, 3.8) is 0 Å². The van der Waals surface area contributed by atoms with Gasteiger partial charge < -0.3 is 30.1 Å². The number of phenols is 1. The van der Waals surface area contributed by atoms with Crippen LogP contribution in [0.1, 0.15) is 87.3 Å². The third kappa shape index (κ3) is 9.08. The number of aliphatic hydroxyl groups excluding tert-OH is 3. The summed E-state index contributed by atoms with van der Waals surface area (Å²) in [5, 5.41) is 42.4. The second-order valence-electron chi connectivity index (χ2n) is 14.0. The standard InChI is InChI=1S/C44H44FNO5S.C2H6/c45-35-18-13-31(14-19-35)40(49)8-4-7-34-24-43(52)46(36-20-15-29(16-21-36)28-5-2-1-3-6-28)44(34)39-22-17-33(23-41(39)50)30-9-11-32(12-10-30)42-26-37(48)25-38(27-47)51-42;1-2/h1-3,5-6,9-23,34,37-38,40,42,44,47-50H,4,7-8,24-27H2;1-2H3. The van der Waals surface area contributed by atoms with Crippen LogP contribution in [0.2, 0.25) is 0 Å². The first-order valence-corrected chi connectivity index (χ1v) is 19.5. The summed E-state index contributed by atoms with van der Waals surface area (Å²) in [4.78, 5) is 2.98. The maximum atomic E-state index is 13.5. The van der Waals surface area contributed by atoms with E-state index in [1.54, 1.807) is 18.2 Å². The van der Waals surface area contributed by atoms with Crippen LogP contribution in [0.3, 0.4) is 0 Å². The van der Waals surface area contributed by atoms with Gasteiger partial charge in [0.25, 0.3) is 0 Å². The summed E-state index contributed by atoms with van der Waals surface area (Å²) in [6.07, 6.45) is 1.72. The van der Waals surface area contributed by atoms with E-state index in [4.69, 9.17) is 17.0 Å². The highest BCUT2D eigenvalue weighted by Crippen LogP contribution is 2.48. The van der Waals surface area contributed by atoms with Gasteiger partial charge >= 0.3 is 0 Å². The molecule has 2 aliphatic heterocycles. The molecular formula is C46H50FNO5S. The highest BCUT2D eigenvalue weighted by Gasteiger charge is 2.40. The van der Waals surface area contributed by atoms with Crippen LogP contribution in [0.25, 0.3) is 22.3 Å². The highest BCUT2D eigenvalue weighted by molar-refractivity contribution is 7.80. The first-order valence-electron chi connectivity index (χ1n) is 19.1. The largest absolute Gasteiger partial charge is 0.508 e. The summed E-state index contributed by atoms with van der Waals surface area (Å²) in [5.41, 5.74) is 7.41. The number of nitrogens with zero attached hydrogens (tertiary/aromatic N) is 1. The first kappa shape index (κ1) is 39.3. The van der Waals surface area contributed by atoms with E-state index in [2.05, 4.69) is 41.3 Å². The molecule has 2 fully saturated rings. The topological polar surface area (TPSA) is 93.4 Å². The quantitative estimate of drug-likeness (QED) is 0.100. The molecule has 8 heteroatoms. The normalized spacial score (nSPS) is 21.7. The Morgan fingerprint density at radius 1 is 0.815 bits per heavy atom. The van der Waals surface area contributed by atoms with Crippen molar-refractivity contribution in [1.82, 2.24) is 0 Å². The molecule has 54 heavy (non-hydrogen) atoms. The predicted octanol–water partition coefficient (Wildman–Crippen LogP) is 10.3. The Morgan fingerprint density at radius 3 is 2.11 bits per heavy atom. The lowest BCUT2D eigenvalue weighted by Crippen LogP contribution is -2.33. The minimum atomic E-state index is -0.695. The van der Waals surface area contributed by atoms with Crippen molar-refractivity contribution in [2.75, 3.05) is 11.5 Å². The molecule has 4 N–H and O–H groups in total. The van der Waals surface area contributed by atoms with E-state index in [-0.39, 0.29) is 42.3 Å². The van der Waals surface area contributed by atoms with Gasteiger partial charge in [-0.1, -0.05) is 123 Å². The van der Waals surface area contributed by atoms with Gasteiger partial charge in [-0.05, 0) is 82.5 Å². The van der Waals surface area contributed by atoms with Crippen molar-refractivity contribution in [1.29, 1.82) is 0 Å². The number of benzene rings is 5. The Labute approximate surface area is 323 Å². The molecule has 282 valence electrons. The minimum absolute atomic E-state index is 0.0892. The second kappa shape index (κ2) is 18.3. The molecule has 5 aromatic rings. The average Bonchev–Trinajstić information content (AvgIpc) is 3.53. The Bertz CT molecular complexity index is 1960. The number of phenolic OH excluding ortho intramolecular Hbond substituents is 1. The molecule has 6 nitrogen and oxygen atoms in total. The fourth-order valence-corrected chi connectivity index (χ4v) is 8.25. The monoisotopic (exact) mass is 747 g/mol. The molecule has 0 spiro atoms. The molecule has 2 saturated heterocycles. The number of halogens is 1. The van der Waals surface area contributed by atoms with Crippen molar-refractivity contribution in [2.24, 2.45) is 5.92 Å². The zero-order chi connectivity index (χ0) is 38.2. The van der Waals surface area contributed by atoms with E-state index in [1.165, 1.54) is 12.1 Å². The molecule has 6 atom stereocenters. The molecule has 0 bridgehead atoms. The molecule has 5 aromatic carbocycles. The van der Waals surface area contributed by atoms with Gasteiger partial charge in [0.2, 0.25) is 0 Å². The highest BCUT2D eigenvalue weighted by atomic mass is 32.1. The van der Waals surface area contributed by atoms with Crippen LogP contribution in [-0.4, -0.2) is 44.2 Å². The molecule has 0 aromatic heterocycles. The summed E-state index contributed by atoms with van der Waals surface area (Å²) in [7, 11) is 0. The maximum Gasteiger partial charge on any atom is 0.123 e. The molecule has 6 unspecified atom stereocenters. The zero-order valence-electron chi connectivity index (χ0n) is 30.9. The summed E-state index contributed by atoms with van der Waals surface area (Å²) < 4.78 is 19.5. The van der Waals surface area contributed by atoms with Crippen LogP contribution >= 0.6 is 12.2 Å². The predicted molar refractivity (Wildman–Crippen MR) is 218 cm³/mol. The van der Waals surface area contributed by atoms with E-state index in [1.807, 2.05) is 68.4 Å². The fourth-order valence-electron chi connectivity index (χ4n) is 7.81. The number of ether oxygens (including phenoxy) is 1. The van der Waals surface area contributed by atoms with Gasteiger partial charge in [-0.3, -0.25) is 0 Å². The Kier molecular flexibility index (Phi) is 13.3. The van der Waals surface area contributed by atoms with Gasteiger partial charge in [0.15, 0.2) is 0 Å². The number of thiocarbonyl (C=S) groups is 1. The average molecular weight is 748 g/mol. The lowest BCUT2D eigenvalue weighted by Gasteiger charge is -2.32. The van der Waals surface area contributed by atoms with E-state index in [0.717, 1.165) is 56.9 Å². The number of aliphatic hydroxyl groups is 3. The minimum Gasteiger partial charge on any atom is -0.508 e. The van der Waals surface area contributed by atoms with Gasteiger partial charge in [-0.15, -0.1) is 0 Å². The number of aromatic hydroxyl groups is 1. The third-order valence-electron chi connectivity index (χ3n) is 10.5. The van der Waals surface area contributed by atoms with Crippen molar-refractivity contribution in [3.05, 3.63) is 144 Å². The van der Waals surface area contributed by atoms with Crippen molar-refractivity contribution in [2.45, 2.75) is 82.8 Å². The second-order valence-corrected chi connectivity index (χ2v) is 14.5. The zero-order valence-corrected chi connectivity index (χ0v) is 31.7. The van der Waals surface area contributed by atoms with Gasteiger partial charge in [0.05, 0.1) is 42.1 Å². The van der Waals surface area contributed by atoms with E-state index in [0.29, 0.717) is 31.2 Å². The van der Waals surface area contributed by atoms with Crippen LogP contribution in [-0.2, 0) is 4.74 Å². The van der Waals surface area contributed by atoms with Crippen LogP contribution in [0, 0.1) is 11.7 Å². The molecule has 0 aliphatic carbocycles. The van der Waals surface area contributed by atoms with Crippen molar-refractivity contribution >= 4 is 22.9 Å². The number of hydrogen-bond acceptors (Lipinski definition) is 6. The van der Waals surface area contributed by atoms with Crippen LogP contribution in [0.5, 0.6) is 5.75 Å². The Hall–Kier alpha value is -4.44. The first-order chi connectivity index (χ1) is 26.3. The summed E-state index contributed by atoms with van der Waals surface area (Å²) in [6, 6.07) is 38.1. The summed E-state index contributed by atoms with van der Waals surface area (Å²) >= 11 is 6.05. The number of rotatable bonds is 11. The van der Waals surface area contributed by atoms with E-state index in [9.17, 15) is 24.8 Å². The third-order valence-corrected chi connectivity index (χ3v) is 10.9. The molecule has 7 rings (SSSR count). The molecular weight excluding hydrogens is 698 g/mol. The SMILES string of the molecule is CC.OCC1CC(O)CC(c2ccc(-c3ccc(C4C(CCCC(O)c5ccc(F)cc5)CC(=S)N4c4ccc(-c5ccccc5)cc4)c(O)c3)cc2)O1. The van der Waals surface area contributed by atoms with E-state index < -0.39 is 12.2 Å². The van der Waals surface area contributed by atoms with Crippen LogP contribution < -0.4 is 4.90 Å². The lowest BCUT2D eigenvalue weighted by atomic mass is 9.87.